The maximum Gasteiger partial charge on any atom is 0.259 e. The summed E-state index contributed by atoms with van der Waals surface area (Å²) < 4.78 is 1.67. The van der Waals surface area contributed by atoms with E-state index in [1.165, 1.54) is 0 Å². The van der Waals surface area contributed by atoms with Crippen LogP contribution in [-0.4, -0.2) is 49.3 Å². The largest absolute Gasteiger partial charge is 0.338 e. The van der Waals surface area contributed by atoms with Crippen molar-refractivity contribution >= 4 is 17.3 Å². The summed E-state index contributed by atoms with van der Waals surface area (Å²) in [7, 11) is 0. The summed E-state index contributed by atoms with van der Waals surface area (Å²) in [5, 5.41) is 4.38. The van der Waals surface area contributed by atoms with Gasteiger partial charge in [-0.25, -0.2) is 9.50 Å². The standard InChI is InChI=1S/C19H19N5O2/c1-13(25)14-5-9-23(10-6-14)19(26)16-12-22-24-17(4-8-21-18(16)24)15-3-2-7-20-11-15/h2-4,7-8,11-12,14H,5-6,9-10H2,1H3. The average molecular weight is 349 g/mol. The van der Waals surface area contributed by atoms with Gasteiger partial charge in [-0.3, -0.25) is 14.6 Å². The van der Waals surface area contributed by atoms with E-state index in [4.69, 9.17) is 0 Å². The third-order valence-corrected chi connectivity index (χ3v) is 4.95. The molecular weight excluding hydrogens is 330 g/mol. The summed E-state index contributed by atoms with van der Waals surface area (Å²) >= 11 is 0. The zero-order valence-electron chi connectivity index (χ0n) is 14.5. The van der Waals surface area contributed by atoms with Crippen LogP contribution >= 0.6 is 0 Å². The van der Waals surface area contributed by atoms with Crippen molar-refractivity contribution in [3.8, 4) is 11.3 Å². The molecule has 7 heteroatoms. The SMILES string of the molecule is CC(=O)C1CCN(C(=O)c2cnn3c(-c4cccnc4)ccnc23)CC1. The lowest BCUT2D eigenvalue weighted by atomic mass is 9.93. The first kappa shape index (κ1) is 16.4. The molecule has 0 spiro atoms. The Morgan fingerprint density at radius 2 is 1.92 bits per heavy atom. The van der Waals surface area contributed by atoms with Crippen LogP contribution in [0.2, 0.25) is 0 Å². The van der Waals surface area contributed by atoms with Crippen LogP contribution in [0.15, 0.2) is 43.0 Å². The third kappa shape index (κ3) is 2.85. The van der Waals surface area contributed by atoms with Crippen LogP contribution in [0, 0.1) is 5.92 Å². The van der Waals surface area contributed by atoms with Crippen LogP contribution in [0.1, 0.15) is 30.1 Å². The number of amides is 1. The number of nitrogens with zero attached hydrogens (tertiary/aromatic N) is 5. The van der Waals surface area contributed by atoms with Crippen molar-refractivity contribution in [2.75, 3.05) is 13.1 Å². The molecule has 1 aliphatic rings. The highest BCUT2D eigenvalue weighted by molar-refractivity contribution is 6.00. The number of hydrogen-bond donors (Lipinski definition) is 0. The number of carbonyl (C=O) groups excluding carboxylic acids is 2. The van der Waals surface area contributed by atoms with Gasteiger partial charge in [0.1, 0.15) is 11.3 Å². The molecule has 7 nitrogen and oxygen atoms in total. The summed E-state index contributed by atoms with van der Waals surface area (Å²) in [5.41, 5.74) is 2.75. The molecular formula is C19H19N5O2. The van der Waals surface area contributed by atoms with Crippen molar-refractivity contribution in [1.82, 2.24) is 24.5 Å². The minimum absolute atomic E-state index is 0.0678. The quantitative estimate of drug-likeness (QED) is 0.724. The van der Waals surface area contributed by atoms with E-state index in [-0.39, 0.29) is 17.6 Å². The van der Waals surface area contributed by atoms with Gasteiger partial charge in [-0.15, -0.1) is 0 Å². The van der Waals surface area contributed by atoms with Gasteiger partial charge < -0.3 is 4.90 Å². The maximum absolute atomic E-state index is 12.9. The smallest absolute Gasteiger partial charge is 0.259 e. The molecule has 0 aromatic carbocycles. The Bertz CT molecular complexity index is 958. The first-order valence-corrected chi connectivity index (χ1v) is 8.68. The van der Waals surface area contributed by atoms with E-state index in [9.17, 15) is 9.59 Å². The van der Waals surface area contributed by atoms with Gasteiger partial charge in [-0.05, 0) is 38.0 Å². The maximum atomic E-state index is 12.9. The van der Waals surface area contributed by atoms with Crippen molar-refractivity contribution in [2.24, 2.45) is 5.92 Å². The molecule has 0 saturated carbocycles. The lowest BCUT2D eigenvalue weighted by Gasteiger charge is -2.30. The first-order valence-electron chi connectivity index (χ1n) is 8.68. The lowest BCUT2D eigenvalue weighted by Crippen LogP contribution is -2.39. The van der Waals surface area contributed by atoms with Gasteiger partial charge in [0.05, 0.1) is 11.9 Å². The number of pyridine rings is 1. The highest BCUT2D eigenvalue weighted by Crippen LogP contribution is 2.23. The second-order valence-corrected chi connectivity index (χ2v) is 6.54. The molecule has 3 aromatic heterocycles. The molecule has 26 heavy (non-hydrogen) atoms. The Kier molecular flexibility index (Phi) is 4.20. The van der Waals surface area contributed by atoms with Crippen LogP contribution < -0.4 is 0 Å². The fourth-order valence-electron chi connectivity index (χ4n) is 3.43. The highest BCUT2D eigenvalue weighted by Gasteiger charge is 2.28. The van der Waals surface area contributed by atoms with E-state index >= 15 is 0 Å². The second-order valence-electron chi connectivity index (χ2n) is 6.54. The summed E-state index contributed by atoms with van der Waals surface area (Å²) in [6.07, 6.45) is 8.15. The zero-order valence-corrected chi connectivity index (χ0v) is 14.5. The van der Waals surface area contributed by atoms with Crippen molar-refractivity contribution in [3.63, 3.8) is 0 Å². The molecule has 0 aliphatic carbocycles. The molecule has 1 aliphatic heterocycles. The molecule has 4 rings (SSSR count). The van der Waals surface area contributed by atoms with Gasteiger partial charge in [0.25, 0.3) is 5.91 Å². The molecule has 0 bridgehead atoms. The first-order chi connectivity index (χ1) is 12.6. The van der Waals surface area contributed by atoms with Crippen molar-refractivity contribution in [3.05, 3.63) is 48.5 Å². The molecule has 0 unspecified atom stereocenters. The van der Waals surface area contributed by atoms with E-state index in [1.807, 2.05) is 18.2 Å². The predicted molar refractivity (Wildman–Crippen MR) is 95.5 cm³/mol. The van der Waals surface area contributed by atoms with Crippen LogP contribution in [0.4, 0.5) is 0 Å². The number of fused-ring (bicyclic) bond motifs is 1. The van der Waals surface area contributed by atoms with Crippen molar-refractivity contribution in [1.29, 1.82) is 0 Å². The van der Waals surface area contributed by atoms with Crippen molar-refractivity contribution < 1.29 is 9.59 Å². The molecule has 1 fully saturated rings. The molecule has 132 valence electrons. The zero-order chi connectivity index (χ0) is 18.1. The number of likely N-dealkylation sites (tertiary alicyclic amines) is 1. The van der Waals surface area contributed by atoms with E-state index < -0.39 is 0 Å². The molecule has 0 N–H and O–H groups in total. The van der Waals surface area contributed by atoms with Crippen molar-refractivity contribution in [2.45, 2.75) is 19.8 Å². The number of piperidine rings is 1. The van der Waals surface area contributed by atoms with Gasteiger partial charge in [0, 0.05) is 43.2 Å². The number of rotatable bonds is 3. The average Bonchev–Trinajstić information content (AvgIpc) is 3.12. The predicted octanol–water partition coefficient (Wildman–Crippen LogP) is 2.23. The summed E-state index contributed by atoms with van der Waals surface area (Å²) in [6, 6.07) is 5.65. The Balaban J connectivity index is 1.64. The highest BCUT2D eigenvalue weighted by atomic mass is 16.2. The Hall–Kier alpha value is -3.09. The normalized spacial score (nSPS) is 15.3. The van der Waals surface area contributed by atoms with E-state index in [2.05, 4.69) is 15.1 Å². The Labute approximate surface area is 150 Å². The monoisotopic (exact) mass is 349 g/mol. The molecule has 1 saturated heterocycles. The van der Waals surface area contributed by atoms with Gasteiger partial charge in [-0.2, -0.15) is 5.10 Å². The molecule has 1 amide bonds. The molecule has 3 aromatic rings. The van der Waals surface area contributed by atoms with Gasteiger partial charge >= 0.3 is 0 Å². The summed E-state index contributed by atoms with van der Waals surface area (Å²) in [6.45, 7) is 2.79. The van der Waals surface area contributed by atoms with Gasteiger partial charge in [0.15, 0.2) is 5.65 Å². The van der Waals surface area contributed by atoms with Crippen LogP contribution in [0.3, 0.4) is 0 Å². The van der Waals surface area contributed by atoms with Crippen LogP contribution in [-0.2, 0) is 4.79 Å². The van der Waals surface area contributed by atoms with Crippen LogP contribution in [0.5, 0.6) is 0 Å². The fourth-order valence-corrected chi connectivity index (χ4v) is 3.43. The molecule has 0 atom stereocenters. The second kappa shape index (κ2) is 6.67. The van der Waals surface area contributed by atoms with E-state index in [0.717, 1.165) is 11.3 Å². The topological polar surface area (TPSA) is 80.5 Å². The molecule has 4 heterocycles. The Morgan fingerprint density at radius 3 is 2.62 bits per heavy atom. The Morgan fingerprint density at radius 1 is 1.12 bits per heavy atom. The van der Waals surface area contributed by atoms with Crippen LogP contribution in [0.25, 0.3) is 16.9 Å². The van der Waals surface area contributed by atoms with Gasteiger partial charge in [-0.1, -0.05) is 0 Å². The minimum Gasteiger partial charge on any atom is -0.338 e. The lowest BCUT2D eigenvalue weighted by molar-refractivity contribution is -0.121. The molecule has 0 radical (unpaired) electrons. The van der Waals surface area contributed by atoms with Gasteiger partial charge in [0.2, 0.25) is 0 Å². The minimum atomic E-state index is -0.0853. The van der Waals surface area contributed by atoms with E-state index in [1.54, 1.807) is 41.1 Å². The number of Topliss-reactive ketones (excluding diaryl/α,β-unsaturated/α-hetero) is 1. The summed E-state index contributed by atoms with van der Waals surface area (Å²) in [4.78, 5) is 34.7. The number of carbonyl (C=O) groups is 2. The number of ketones is 1. The number of aromatic nitrogens is 4. The van der Waals surface area contributed by atoms with E-state index in [0.29, 0.717) is 37.1 Å². The number of hydrogen-bond acceptors (Lipinski definition) is 5. The fraction of sp³-hybridized carbons (Fsp3) is 0.316. The summed E-state index contributed by atoms with van der Waals surface area (Å²) in [5.74, 6) is 0.187. The third-order valence-electron chi connectivity index (χ3n) is 4.95.